The van der Waals surface area contributed by atoms with E-state index in [-0.39, 0.29) is 11.6 Å². The molecule has 6 heteroatoms. The molecule has 2 rings (SSSR count). The van der Waals surface area contributed by atoms with Crippen molar-refractivity contribution in [3.63, 3.8) is 0 Å². The van der Waals surface area contributed by atoms with Gasteiger partial charge in [0.2, 0.25) is 0 Å². The topological polar surface area (TPSA) is 20.3 Å². The molecule has 0 saturated carbocycles. The number of carbonyl (C=O) groups is 1. The Balaban J connectivity index is 2.28. The Kier molecular flexibility index (Phi) is 3.85. The van der Waals surface area contributed by atoms with Gasteiger partial charge in [0, 0.05) is 29.7 Å². The number of rotatable bonds is 1. The first kappa shape index (κ1) is 13.3. The van der Waals surface area contributed by atoms with Crippen molar-refractivity contribution in [1.82, 2.24) is 4.90 Å². The van der Waals surface area contributed by atoms with Crippen molar-refractivity contribution in [2.45, 2.75) is 13.0 Å². The van der Waals surface area contributed by atoms with Crippen molar-refractivity contribution in [3.05, 3.63) is 35.1 Å². The Morgan fingerprint density at radius 1 is 1.33 bits per heavy atom. The number of amides is 1. The summed E-state index contributed by atoms with van der Waals surface area (Å²) in [5.74, 6) is -3.09. The molecule has 0 N–H and O–H groups in total. The normalized spacial score (nSPS) is 20.0. The predicted octanol–water partition coefficient (Wildman–Crippen LogP) is 2.68. The zero-order valence-electron chi connectivity index (χ0n) is 9.75. The summed E-state index contributed by atoms with van der Waals surface area (Å²) in [7, 11) is 0. The fourth-order valence-corrected chi connectivity index (χ4v) is 2.89. The van der Waals surface area contributed by atoms with Gasteiger partial charge in [-0.2, -0.15) is 11.8 Å². The molecule has 98 valence electrons. The van der Waals surface area contributed by atoms with E-state index in [1.54, 1.807) is 16.7 Å². The first-order valence-corrected chi connectivity index (χ1v) is 6.69. The van der Waals surface area contributed by atoms with Crippen molar-refractivity contribution in [1.29, 1.82) is 0 Å². The molecule has 18 heavy (non-hydrogen) atoms. The van der Waals surface area contributed by atoms with Crippen LogP contribution in [0, 0.1) is 17.5 Å². The Labute approximate surface area is 107 Å². The van der Waals surface area contributed by atoms with Crippen LogP contribution in [0.15, 0.2) is 12.1 Å². The fourth-order valence-electron chi connectivity index (χ4n) is 1.87. The van der Waals surface area contributed by atoms with E-state index < -0.39 is 23.4 Å². The Hall–Kier alpha value is -1.17. The van der Waals surface area contributed by atoms with Gasteiger partial charge in [-0.3, -0.25) is 4.79 Å². The molecule has 1 atom stereocenters. The summed E-state index contributed by atoms with van der Waals surface area (Å²) in [5, 5.41) is 0. The van der Waals surface area contributed by atoms with Gasteiger partial charge in [-0.25, -0.2) is 13.2 Å². The summed E-state index contributed by atoms with van der Waals surface area (Å²) >= 11 is 1.73. The van der Waals surface area contributed by atoms with E-state index in [0.717, 1.165) is 23.6 Å². The molecule has 1 heterocycles. The van der Waals surface area contributed by atoms with Crippen molar-refractivity contribution in [2.75, 3.05) is 18.1 Å². The number of nitrogens with zero attached hydrogens (tertiary/aromatic N) is 1. The van der Waals surface area contributed by atoms with E-state index in [1.807, 2.05) is 6.92 Å². The number of thioether (sulfide) groups is 1. The van der Waals surface area contributed by atoms with Crippen LogP contribution >= 0.6 is 11.8 Å². The predicted molar refractivity (Wildman–Crippen MR) is 64.1 cm³/mol. The number of carbonyl (C=O) groups excluding carboxylic acids is 1. The van der Waals surface area contributed by atoms with Crippen molar-refractivity contribution < 1.29 is 18.0 Å². The van der Waals surface area contributed by atoms with Crippen LogP contribution < -0.4 is 0 Å². The number of halogens is 3. The monoisotopic (exact) mass is 275 g/mol. The summed E-state index contributed by atoms with van der Waals surface area (Å²) in [5.41, 5.74) is -0.148. The molecular weight excluding hydrogens is 263 g/mol. The average Bonchev–Trinajstić information content (AvgIpc) is 2.35. The standard InChI is InChI=1S/C12H12F3NOS/c1-7-6-18-3-2-16(7)12(17)8-4-9(13)11(15)10(14)5-8/h4-5,7H,2-3,6H2,1H3. The minimum atomic E-state index is -1.55. The van der Waals surface area contributed by atoms with Crippen LogP contribution in [0.2, 0.25) is 0 Å². The molecule has 1 aliphatic heterocycles. The fraction of sp³-hybridized carbons (Fsp3) is 0.417. The van der Waals surface area contributed by atoms with Gasteiger partial charge >= 0.3 is 0 Å². The van der Waals surface area contributed by atoms with E-state index in [1.165, 1.54) is 0 Å². The van der Waals surface area contributed by atoms with Gasteiger partial charge in [0.15, 0.2) is 17.5 Å². The molecule has 1 amide bonds. The van der Waals surface area contributed by atoms with Crippen molar-refractivity contribution in [3.8, 4) is 0 Å². The van der Waals surface area contributed by atoms with Gasteiger partial charge in [0.05, 0.1) is 0 Å². The minimum Gasteiger partial charge on any atom is -0.334 e. The highest BCUT2D eigenvalue weighted by Crippen LogP contribution is 2.20. The zero-order chi connectivity index (χ0) is 13.3. The van der Waals surface area contributed by atoms with Gasteiger partial charge in [-0.15, -0.1) is 0 Å². The lowest BCUT2D eigenvalue weighted by Gasteiger charge is -2.33. The van der Waals surface area contributed by atoms with Crippen LogP contribution in [-0.2, 0) is 0 Å². The first-order chi connectivity index (χ1) is 8.50. The van der Waals surface area contributed by atoms with Crippen molar-refractivity contribution >= 4 is 17.7 Å². The summed E-state index contributed by atoms with van der Waals surface area (Å²) in [6, 6.07) is 1.50. The Morgan fingerprint density at radius 2 is 1.94 bits per heavy atom. The third-order valence-electron chi connectivity index (χ3n) is 2.86. The van der Waals surface area contributed by atoms with E-state index in [4.69, 9.17) is 0 Å². The third-order valence-corrected chi connectivity index (χ3v) is 4.05. The maximum atomic E-state index is 13.1. The van der Waals surface area contributed by atoms with E-state index in [0.29, 0.717) is 6.54 Å². The molecule has 1 aromatic carbocycles. The second-order valence-corrected chi connectivity index (χ2v) is 5.33. The maximum absolute atomic E-state index is 13.1. The highest BCUT2D eigenvalue weighted by atomic mass is 32.2. The third kappa shape index (κ3) is 2.48. The van der Waals surface area contributed by atoms with Crippen molar-refractivity contribution in [2.24, 2.45) is 0 Å². The maximum Gasteiger partial charge on any atom is 0.254 e. The Bertz CT molecular complexity index is 457. The molecule has 0 spiro atoms. The average molecular weight is 275 g/mol. The molecule has 1 fully saturated rings. The van der Waals surface area contributed by atoms with Crippen LogP contribution in [0.4, 0.5) is 13.2 Å². The zero-order valence-corrected chi connectivity index (χ0v) is 10.6. The molecular formula is C12H12F3NOS. The van der Waals surface area contributed by atoms with E-state index in [2.05, 4.69) is 0 Å². The molecule has 0 aromatic heterocycles. The largest absolute Gasteiger partial charge is 0.334 e. The second kappa shape index (κ2) is 5.22. The Morgan fingerprint density at radius 3 is 2.50 bits per heavy atom. The molecule has 0 aliphatic carbocycles. The summed E-state index contributed by atoms with van der Waals surface area (Å²) < 4.78 is 39.0. The lowest BCUT2D eigenvalue weighted by atomic mass is 10.1. The number of hydrogen-bond acceptors (Lipinski definition) is 2. The van der Waals surface area contributed by atoms with Gasteiger partial charge in [0.1, 0.15) is 0 Å². The number of benzene rings is 1. The smallest absolute Gasteiger partial charge is 0.254 e. The molecule has 0 radical (unpaired) electrons. The van der Waals surface area contributed by atoms with Crippen LogP contribution in [0.3, 0.4) is 0 Å². The highest BCUT2D eigenvalue weighted by Gasteiger charge is 2.26. The van der Waals surface area contributed by atoms with Gasteiger partial charge in [-0.05, 0) is 19.1 Å². The first-order valence-electron chi connectivity index (χ1n) is 5.54. The number of hydrogen-bond donors (Lipinski definition) is 0. The van der Waals surface area contributed by atoms with E-state index >= 15 is 0 Å². The van der Waals surface area contributed by atoms with Crippen LogP contribution in [-0.4, -0.2) is 34.9 Å². The van der Waals surface area contributed by atoms with E-state index in [9.17, 15) is 18.0 Å². The lowest BCUT2D eigenvalue weighted by Crippen LogP contribution is -2.44. The summed E-state index contributed by atoms with van der Waals surface area (Å²) in [6.45, 7) is 2.41. The SMILES string of the molecule is CC1CSCCN1C(=O)c1cc(F)c(F)c(F)c1. The molecule has 0 bridgehead atoms. The summed E-state index contributed by atoms with van der Waals surface area (Å²) in [6.07, 6.45) is 0. The molecule has 1 aliphatic rings. The van der Waals surface area contributed by atoms with Gasteiger partial charge < -0.3 is 4.90 Å². The van der Waals surface area contributed by atoms with Gasteiger partial charge in [0.25, 0.3) is 5.91 Å². The van der Waals surface area contributed by atoms with Crippen LogP contribution in [0.1, 0.15) is 17.3 Å². The quantitative estimate of drug-likeness (QED) is 0.734. The van der Waals surface area contributed by atoms with Crippen LogP contribution in [0.5, 0.6) is 0 Å². The highest BCUT2D eigenvalue weighted by molar-refractivity contribution is 7.99. The van der Waals surface area contributed by atoms with Crippen LogP contribution in [0.25, 0.3) is 0 Å². The van der Waals surface area contributed by atoms with Gasteiger partial charge in [-0.1, -0.05) is 0 Å². The molecule has 1 saturated heterocycles. The second-order valence-electron chi connectivity index (χ2n) is 4.18. The minimum absolute atomic E-state index is 0.00688. The molecule has 1 aromatic rings. The summed E-state index contributed by atoms with van der Waals surface area (Å²) in [4.78, 5) is 13.6. The molecule has 1 unspecified atom stereocenters. The molecule has 2 nitrogen and oxygen atoms in total. The lowest BCUT2D eigenvalue weighted by molar-refractivity contribution is 0.0714.